The zero-order valence-electron chi connectivity index (χ0n) is 9.41. The van der Waals surface area contributed by atoms with E-state index >= 15 is 0 Å². The summed E-state index contributed by atoms with van der Waals surface area (Å²) in [6, 6.07) is 5.07. The van der Waals surface area contributed by atoms with Crippen molar-refractivity contribution < 1.29 is 19.6 Å². The molecule has 1 aromatic rings. The lowest BCUT2D eigenvalue weighted by atomic mass is 10.0. The maximum Gasteiger partial charge on any atom is 0.326 e. The second kappa shape index (κ2) is 6.33. The van der Waals surface area contributed by atoms with Crippen molar-refractivity contribution >= 4 is 18.1 Å². The SMILES string of the molecule is O=CNC(CCc1ccccc1[N+](=O)[O-])C(=O)O. The summed E-state index contributed by atoms with van der Waals surface area (Å²) >= 11 is 0. The first-order chi connectivity index (χ1) is 8.56. The van der Waals surface area contributed by atoms with Crippen LogP contribution >= 0.6 is 0 Å². The molecular formula is C11H12N2O5. The van der Waals surface area contributed by atoms with Gasteiger partial charge in [0.25, 0.3) is 5.69 Å². The van der Waals surface area contributed by atoms with Crippen molar-refractivity contribution in [2.75, 3.05) is 0 Å². The van der Waals surface area contributed by atoms with Crippen LogP contribution in [-0.4, -0.2) is 28.5 Å². The van der Waals surface area contributed by atoms with Gasteiger partial charge < -0.3 is 10.4 Å². The zero-order chi connectivity index (χ0) is 13.5. The molecule has 1 unspecified atom stereocenters. The van der Waals surface area contributed by atoms with E-state index in [1.807, 2.05) is 0 Å². The third-order valence-electron chi connectivity index (χ3n) is 2.46. The molecule has 96 valence electrons. The Kier molecular flexibility index (Phi) is 4.79. The number of carboxylic acid groups (broad SMARTS) is 1. The average molecular weight is 252 g/mol. The first-order valence-corrected chi connectivity index (χ1v) is 5.21. The van der Waals surface area contributed by atoms with Crippen LogP contribution in [-0.2, 0) is 16.0 Å². The summed E-state index contributed by atoms with van der Waals surface area (Å²) in [5.41, 5.74) is 0.397. The van der Waals surface area contributed by atoms with Crippen molar-refractivity contribution in [2.24, 2.45) is 0 Å². The largest absolute Gasteiger partial charge is 0.480 e. The van der Waals surface area contributed by atoms with Gasteiger partial charge in [0, 0.05) is 11.6 Å². The number of carboxylic acids is 1. The lowest BCUT2D eigenvalue weighted by Gasteiger charge is -2.10. The molecule has 0 heterocycles. The third-order valence-corrected chi connectivity index (χ3v) is 2.46. The van der Waals surface area contributed by atoms with Crippen LogP contribution in [0.4, 0.5) is 5.69 Å². The van der Waals surface area contributed by atoms with Gasteiger partial charge in [0.2, 0.25) is 6.41 Å². The number of carbonyl (C=O) groups is 2. The van der Waals surface area contributed by atoms with Gasteiger partial charge in [0.05, 0.1) is 4.92 Å². The van der Waals surface area contributed by atoms with E-state index in [4.69, 9.17) is 5.11 Å². The molecule has 0 aliphatic heterocycles. The smallest absolute Gasteiger partial charge is 0.326 e. The van der Waals surface area contributed by atoms with E-state index < -0.39 is 16.9 Å². The number of aliphatic carboxylic acids is 1. The van der Waals surface area contributed by atoms with Gasteiger partial charge in [-0.1, -0.05) is 18.2 Å². The first-order valence-electron chi connectivity index (χ1n) is 5.21. The zero-order valence-corrected chi connectivity index (χ0v) is 9.41. The van der Waals surface area contributed by atoms with Crippen LogP contribution in [0, 0.1) is 10.1 Å². The normalized spacial score (nSPS) is 11.6. The Morgan fingerprint density at radius 1 is 1.50 bits per heavy atom. The van der Waals surface area contributed by atoms with E-state index in [0.29, 0.717) is 12.0 Å². The van der Waals surface area contributed by atoms with Gasteiger partial charge in [0.1, 0.15) is 6.04 Å². The second-order valence-electron chi connectivity index (χ2n) is 3.60. The lowest BCUT2D eigenvalue weighted by Crippen LogP contribution is -2.36. The number of nitrogens with one attached hydrogen (secondary N) is 1. The molecule has 1 amide bonds. The molecule has 1 aromatic carbocycles. The van der Waals surface area contributed by atoms with Crippen LogP contribution in [0.5, 0.6) is 0 Å². The molecule has 0 spiro atoms. The van der Waals surface area contributed by atoms with Crippen LogP contribution in [0.15, 0.2) is 24.3 Å². The van der Waals surface area contributed by atoms with Crippen molar-refractivity contribution in [1.29, 1.82) is 0 Å². The van der Waals surface area contributed by atoms with E-state index in [-0.39, 0.29) is 18.5 Å². The predicted molar refractivity (Wildman–Crippen MR) is 62.0 cm³/mol. The predicted octanol–water partition coefficient (Wildman–Crippen LogP) is 0.727. The molecule has 0 aromatic heterocycles. The van der Waals surface area contributed by atoms with Crippen LogP contribution in [0.1, 0.15) is 12.0 Å². The monoisotopic (exact) mass is 252 g/mol. The van der Waals surface area contributed by atoms with Crippen molar-refractivity contribution in [3.8, 4) is 0 Å². The number of benzene rings is 1. The van der Waals surface area contributed by atoms with Crippen molar-refractivity contribution in [3.05, 3.63) is 39.9 Å². The minimum atomic E-state index is -1.17. The molecular weight excluding hydrogens is 240 g/mol. The Morgan fingerprint density at radius 2 is 2.17 bits per heavy atom. The van der Waals surface area contributed by atoms with Crippen LogP contribution < -0.4 is 5.32 Å². The number of amides is 1. The Hall–Kier alpha value is -2.44. The van der Waals surface area contributed by atoms with Gasteiger partial charge in [-0.15, -0.1) is 0 Å². The molecule has 7 heteroatoms. The van der Waals surface area contributed by atoms with Gasteiger partial charge in [-0.25, -0.2) is 4.79 Å². The number of nitro benzene ring substituents is 1. The summed E-state index contributed by atoms with van der Waals surface area (Å²) in [6.07, 6.45) is 0.603. The number of hydrogen-bond acceptors (Lipinski definition) is 4. The molecule has 2 N–H and O–H groups in total. The Morgan fingerprint density at radius 3 is 2.72 bits per heavy atom. The van der Waals surface area contributed by atoms with Crippen molar-refractivity contribution in [1.82, 2.24) is 5.32 Å². The summed E-state index contributed by atoms with van der Waals surface area (Å²) in [4.78, 5) is 31.2. The van der Waals surface area contributed by atoms with Gasteiger partial charge in [-0.2, -0.15) is 0 Å². The van der Waals surface area contributed by atoms with Gasteiger partial charge >= 0.3 is 5.97 Å². The highest BCUT2D eigenvalue weighted by atomic mass is 16.6. The quantitative estimate of drug-likeness (QED) is 0.422. The number of nitro groups is 1. The van der Waals surface area contributed by atoms with E-state index in [1.165, 1.54) is 6.07 Å². The summed E-state index contributed by atoms with van der Waals surface area (Å²) < 4.78 is 0. The summed E-state index contributed by atoms with van der Waals surface area (Å²) in [6.45, 7) is 0. The Balaban J connectivity index is 2.76. The number of rotatable bonds is 7. The summed E-state index contributed by atoms with van der Waals surface area (Å²) in [7, 11) is 0. The third kappa shape index (κ3) is 3.55. The van der Waals surface area contributed by atoms with E-state index in [2.05, 4.69) is 5.32 Å². The van der Waals surface area contributed by atoms with Crippen LogP contribution in [0.2, 0.25) is 0 Å². The highest BCUT2D eigenvalue weighted by Crippen LogP contribution is 2.19. The van der Waals surface area contributed by atoms with Crippen LogP contribution in [0.25, 0.3) is 0 Å². The Labute approximate surface area is 103 Å². The summed E-state index contributed by atoms with van der Waals surface area (Å²) in [5.74, 6) is -1.17. The fourth-order valence-electron chi connectivity index (χ4n) is 1.56. The molecule has 0 aliphatic rings. The number of para-hydroxylation sites is 1. The van der Waals surface area contributed by atoms with E-state index in [0.717, 1.165) is 0 Å². The van der Waals surface area contributed by atoms with Gasteiger partial charge in [-0.3, -0.25) is 14.9 Å². The topological polar surface area (TPSA) is 110 Å². The number of aryl methyl sites for hydroxylation is 1. The Bertz CT molecular complexity index is 461. The molecule has 18 heavy (non-hydrogen) atoms. The van der Waals surface area contributed by atoms with Crippen molar-refractivity contribution in [2.45, 2.75) is 18.9 Å². The average Bonchev–Trinajstić information content (AvgIpc) is 2.34. The number of hydrogen-bond donors (Lipinski definition) is 2. The van der Waals surface area contributed by atoms with E-state index in [1.54, 1.807) is 18.2 Å². The van der Waals surface area contributed by atoms with Crippen molar-refractivity contribution in [3.63, 3.8) is 0 Å². The van der Waals surface area contributed by atoms with Crippen LogP contribution in [0.3, 0.4) is 0 Å². The molecule has 7 nitrogen and oxygen atoms in total. The molecule has 0 saturated carbocycles. The fourth-order valence-corrected chi connectivity index (χ4v) is 1.56. The first kappa shape index (κ1) is 13.6. The molecule has 1 rings (SSSR count). The molecule has 0 radical (unpaired) electrons. The molecule has 0 saturated heterocycles. The highest BCUT2D eigenvalue weighted by Gasteiger charge is 2.19. The van der Waals surface area contributed by atoms with E-state index in [9.17, 15) is 19.7 Å². The maximum atomic E-state index is 10.8. The minimum Gasteiger partial charge on any atom is -0.480 e. The minimum absolute atomic E-state index is 0.0484. The lowest BCUT2D eigenvalue weighted by molar-refractivity contribution is -0.385. The number of nitrogens with zero attached hydrogens (tertiary/aromatic N) is 1. The fraction of sp³-hybridized carbons (Fsp3) is 0.273. The van der Waals surface area contributed by atoms with Gasteiger partial charge in [-0.05, 0) is 12.8 Å². The highest BCUT2D eigenvalue weighted by molar-refractivity contribution is 5.76. The molecule has 0 bridgehead atoms. The molecule has 0 fully saturated rings. The molecule has 1 atom stereocenters. The number of carbonyl (C=O) groups excluding carboxylic acids is 1. The maximum absolute atomic E-state index is 10.8. The summed E-state index contributed by atoms with van der Waals surface area (Å²) in [5, 5.41) is 21.7. The standard InChI is InChI=1S/C11H12N2O5/c14-7-12-9(11(15)16)6-5-8-3-1-2-4-10(8)13(17)18/h1-4,7,9H,5-6H2,(H,12,14)(H,15,16). The second-order valence-corrected chi connectivity index (χ2v) is 3.60. The molecule has 0 aliphatic carbocycles. The van der Waals surface area contributed by atoms with Gasteiger partial charge in [0.15, 0.2) is 0 Å².